The lowest BCUT2D eigenvalue weighted by Crippen LogP contribution is -2.42. The van der Waals surface area contributed by atoms with Gasteiger partial charge in [0, 0.05) is 25.2 Å². The Morgan fingerprint density at radius 1 is 0.639 bits per heavy atom. The van der Waals surface area contributed by atoms with E-state index in [1.54, 1.807) is 14.2 Å². The maximum atomic E-state index is 12.3. The van der Waals surface area contributed by atoms with Crippen molar-refractivity contribution >= 4 is 11.8 Å². The molecule has 2 aromatic carbocycles. The third-order valence-electron chi connectivity index (χ3n) is 6.02. The van der Waals surface area contributed by atoms with Crippen molar-refractivity contribution in [2.45, 2.75) is 39.8 Å². The number of rotatable bonds is 15. The number of benzene rings is 2. The molecule has 0 aliphatic rings. The second-order valence-corrected chi connectivity index (χ2v) is 9.45. The highest BCUT2D eigenvalue weighted by atomic mass is 16.5. The maximum absolute atomic E-state index is 12.3. The Kier molecular flexibility index (Phi) is 12.2. The fourth-order valence-corrected chi connectivity index (χ4v) is 4.03. The number of amides is 2. The molecule has 8 heteroatoms. The Hall–Kier alpha value is -3.10. The Labute approximate surface area is 215 Å². The van der Waals surface area contributed by atoms with Gasteiger partial charge in [0.1, 0.15) is 11.5 Å². The number of ether oxygens (including phenoxy) is 2. The van der Waals surface area contributed by atoms with Crippen LogP contribution in [0.4, 0.5) is 0 Å². The molecule has 0 saturated heterocycles. The quantitative estimate of drug-likeness (QED) is 0.282. The van der Waals surface area contributed by atoms with Crippen LogP contribution >= 0.6 is 0 Å². The highest BCUT2D eigenvalue weighted by molar-refractivity contribution is 5.79. The van der Waals surface area contributed by atoms with Crippen LogP contribution in [0.1, 0.15) is 50.9 Å². The van der Waals surface area contributed by atoms with Gasteiger partial charge in [-0.15, -0.1) is 0 Å². The van der Waals surface area contributed by atoms with Crippen LogP contribution < -0.4 is 30.7 Å². The smallest absolute Gasteiger partial charge is 0.234 e. The Morgan fingerprint density at radius 3 is 1.25 bits per heavy atom. The van der Waals surface area contributed by atoms with Gasteiger partial charge in [-0.25, -0.2) is 0 Å². The number of carbonyl (C=O) groups excluding carboxylic acids is 2. The zero-order valence-corrected chi connectivity index (χ0v) is 22.4. The molecule has 8 nitrogen and oxygen atoms in total. The minimum Gasteiger partial charge on any atom is -0.497 e. The summed E-state index contributed by atoms with van der Waals surface area (Å²) in [5.74, 6) is 2.01. The van der Waals surface area contributed by atoms with Crippen molar-refractivity contribution in [3.63, 3.8) is 0 Å². The summed E-state index contributed by atoms with van der Waals surface area (Å²) in [6.45, 7) is 9.58. The van der Waals surface area contributed by atoms with Crippen LogP contribution in [0.5, 0.6) is 11.5 Å². The van der Waals surface area contributed by atoms with Gasteiger partial charge in [-0.1, -0.05) is 52.0 Å². The molecule has 0 heterocycles. The fourth-order valence-electron chi connectivity index (χ4n) is 4.03. The van der Waals surface area contributed by atoms with E-state index >= 15 is 0 Å². The van der Waals surface area contributed by atoms with Crippen LogP contribution in [0.15, 0.2) is 48.5 Å². The van der Waals surface area contributed by atoms with E-state index in [4.69, 9.17) is 9.47 Å². The lowest BCUT2D eigenvalue weighted by Gasteiger charge is -2.23. The molecule has 2 amide bonds. The number of methoxy groups -OCH3 is 2. The summed E-state index contributed by atoms with van der Waals surface area (Å²) in [6.07, 6.45) is 0. The molecule has 0 unspecified atom stereocenters. The molecule has 0 aliphatic heterocycles. The molecule has 0 aliphatic carbocycles. The molecule has 198 valence electrons. The van der Waals surface area contributed by atoms with E-state index in [2.05, 4.69) is 49.0 Å². The first-order valence-corrected chi connectivity index (χ1v) is 12.5. The van der Waals surface area contributed by atoms with Crippen LogP contribution in [0, 0.1) is 11.8 Å². The van der Waals surface area contributed by atoms with Crippen molar-refractivity contribution in [3.05, 3.63) is 59.7 Å². The lowest BCUT2D eigenvalue weighted by molar-refractivity contribution is -0.122. The second kappa shape index (κ2) is 15.1. The van der Waals surface area contributed by atoms with E-state index in [-0.39, 0.29) is 37.0 Å². The summed E-state index contributed by atoms with van der Waals surface area (Å²) in [7, 11) is 3.28. The van der Waals surface area contributed by atoms with Gasteiger partial charge in [0.15, 0.2) is 0 Å². The van der Waals surface area contributed by atoms with E-state index in [0.717, 1.165) is 22.6 Å². The molecule has 0 spiro atoms. The van der Waals surface area contributed by atoms with E-state index < -0.39 is 0 Å². The monoisotopic (exact) mass is 498 g/mol. The molecule has 0 radical (unpaired) electrons. The van der Waals surface area contributed by atoms with Gasteiger partial charge in [0.2, 0.25) is 11.8 Å². The highest BCUT2D eigenvalue weighted by Gasteiger charge is 2.18. The van der Waals surface area contributed by atoms with Crippen molar-refractivity contribution in [2.75, 3.05) is 40.4 Å². The normalized spacial score (nSPS) is 12.8. The van der Waals surface area contributed by atoms with Gasteiger partial charge in [-0.05, 0) is 47.2 Å². The molecule has 0 saturated carbocycles. The Bertz CT molecular complexity index is 852. The van der Waals surface area contributed by atoms with E-state index in [0.29, 0.717) is 24.9 Å². The van der Waals surface area contributed by atoms with Crippen LogP contribution in [-0.4, -0.2) is 52.2 Å². The summed E-state index contributed by atoms with van der Waals surface area (Å²) >= 11 is 0. The molecule has 0 fully saturated rings. The number of carbonyl (C=O) groups is 2. The van der Waals surface area contributed by atoms with Gasteiger partial charge in [-0.2, -0.15) is 0 Å². The van der Waals surface area contributed by atoms with Gasteiger partial charge >= 0.3 is 0 Å². The standard InChI is InChI=1S/C28H42N4O4/c1-19(2)27(21-7-11-23(35-5)12-8-21)31-17-25(33)29-15-16-30-26(34)18-32-28(20(3)4)22-9-13-24(36-6)14-10-22/h7-14,19-20,27-28,31-32H,15-18H2,1-6H3,(H,29,33)(H,30,34)/t27-,28-/m1/s1. The molecule has 36 heavy (non-hydrogen) atoms. The van der Waals surface area contributed by atoms with Crippen molar-refractivity contribution < 1.29 is 19.1 Å². The lowest BCUT2D eigenvalue weighted by atomic mass is 9.96. The summed E-state index contributed by atoms with van der Waals surface area (Å²) in [4.78, 5) is 24.6. The first-order valence-electron chi connectivity index (χ1n) is 12.5. The third-order valence-corrected chi connectivity index (χ3v) is 6.02. The first kappa shape index (κ1) is 29.1. The van der Waals surface area contributed by atoms with Crippen LogP contribution in [-0.2, 0) is 9.59 Å². The van der Waals surface area contributed by atoms with E-state index in [9.17, 15) is 9.59 Å². The van der Waals surface area contributed by atoms with Crippen LogP contribution in [0.3, 0.4) is 0 Å². The summed E-state index contributed by atoms with van der Waals surface area (Å²) in [6, 6.07) is 15.8. The SMILES string of the molecule is COc1ccc([C@H](NCC(=O)NCCNC(=O)CN[C@@H](c2ccc(OC)cc2)C(C)C)C(C)C)cc1. The zero-order valence-electron chi connectivity index (χ0n) is 22.4. The third kappa shape index (κ3) is 9.51. The van der Waals surface area contributed by atoms with Gasteiger partial charge < -0.3 is 30.7 Å². The van der Waals surface area contributed by atoms with Gasteiger partial charge in [0.05, 0.1) is 27.3 Å². The van der Waals surface area contributed by atoms with Gasteiger partial charge in [-0.3, -0.25) is 9.59 Å². The fraction of sp³-hybridized carbons (Fsp3) is 0.500. The predicted molar refractivity (Wildman–Crippen MR) is 143 cm³/mol. The van der Waals surface area contributed by atoms with Crippen molar-refractivity contribution in [3.8, 4) is 11.5 Å². The molecule has 0 aromatic heterocycles. The first-order chi connectivity index (χ1) is 17.2. The van der Waals surface area contributed by atoms with Crippen LogP contribution in [0.25, 0.3) is 0 Å². The number of hydrogen-bond acceptors (Lipinski definition) is 6. The van der Waals surface area contributed by atoms with Crippen LogP contribution in [0.2, 0.25) is 0 Å². The van der Waals surface area contributed by atoms with Crippen molar-refractivity contribution in [2.24, 2.45) is 11.8 Å². The Balaban J connectivity index is 1.70. The van der Waals surface area contributed by atoms with Crippen molar-refractivity contribution in [1.29, 1.82) is 0 Å². The predicted octanol–water partition coefficient (Wildman–Crippen LogP) is 3.21. The minimum absolute atomic E-state index is 0.0482. The molecule has 2 aromatic rings. The molecule has 0 bridgehead atoms. The number of nitrogens with one attached hydrogen (secondary N) is 4. The van der Waals surface area contributed by atoms with Gasteiger partial charge in [0.25, 0.3) is 0 Å². The minimum atomic E-state index is -0.110. The maximum Gasteiger partial charge on any atom is 0.234 e. The summed E-state index contributed by atoms with van der Waals surface area (Å²) in [5.41, 5.74) is 2.21. The molecule has 4 N–H and O–H groups in total. The van der Waals surface area contributed by atoms with E-state index in [1.165, 1.54) is 0 Å². The second-order valence-electron chi connectivity index (χ2n) is 9.45. The molecule has 2 rings (SSSR count). The molecular formula is C28H42N4O4. The van der Waals surface area contributed by atoms with E-state index in [1.807, 2.05) is 48.5 Å². The number of hydrogen-bond donors (Lipinski definition) is 4. The summed E-state index contributed by atoms with van der Waals surface area (Å²) in [5, 5.41) is 12.4. The molecule has 2 atom stereocenters. The Morgan fingerprint density at radius 2 is 0.972 bits per heavy atom. The largest absolute Gasteiger partial charge is 0.497 e. The summed E-state index contributed by atoms with van der Waals surface area (Å²) < 4.78 is 10.4. The highest BCUT2D eigenvalue weighted by Crippen LogP contribution is 2.24. The average Bonchev–Trinajstić information content (AvgIpc) is 2.87. The van der Waals surface area contributed by atoms with Crippen molar-refractivity contribution in [1.82, 2.24) is 21.3 Å². The average molecular weight is 499 g/mol. The molecular weight excluding hydrogens is 456 g/mol. The topological polar surface area (TPSA) is 101 Å². The zero-order chi connectivity index (χ0) is 26.5.